The highest BCUT2D eigenvalue weighted by atomic mass is 16.5. The molecule has 0 saturated heterocycles. The Morgan fingerprint density at radius 1 is 0.926 bits per heavy atom. The zero-order valence-corrected chi connectivity index (χ0v) is 18.5. The van der Waals surface area contributed by atoms with Gasteiger partial charge in [-0.1, -0.05) is 52.2 Å². The highest BCUT2D eigenvalue weighted by Crippen LogP contribution is 2.26. The first-order chi connectivity index (χ1) is 12.6. The molecule has 0 rings (SSSR count). The molecular weight excluding hydrogens is 340 g/mol. The Balaban J connectivity index is 4.98. The lowest BCUT2D eigenvalue weighted by Gasteiger charge is -2.23. The molecule has 0 radical (unpaired) electrons. The number of carbonyl (C=O) groups excluding carboxylic acids is 3. The Morgan fingerprint density at radius 2 is 1.56 bits per heavy atom. The van der Waals surface area contributed by atoms with E-state index in [1.54, 1.807) is 0 Å². The fourth-order valence-corrected chi connectivity index (χ4v) is 3.38. The second-order valence-electron chi connectivity index (χ2n) is 8.63. The number of rotatable bonds is 14. The van der Waals surface area contributed by atoms with Crippen LogP contribution in [-0.4, -0.2) is 24.6 Å². The number of hydrogen-bond acceptors (Lipinski definition) is 4. The molecule has 3 unspecified atom stereocenters. The van der Waals surface area contributed by atoms with Crippen LogP contribution in [0.1, 0.15) is 86.5 Å². The first-order valence-corrected chi connectivity index (χ1v) is 10.3. The summed E-state index contributed by atoms with van der Waals surface area (Å²) in [6, 6.07) is 0. The average molecular weight is 381 g/mol. The minimum atomic E-state index is -0.692. The van der Waals surface area contributed by atoms with Crippen LogP contribution >= 0.6 is 0 Å². The van der Waals surface area contributed by atoms with E-state index < -0.39 is 11.9 Å². The first-order valence-electron chi connectivity index (χ1n) is 10.3. The topological polar surface area (TPSA) is 60.4 Å². The van der Waals surface area contributed by atoms with Crippen molar-refractivity contribution < 1.29 is 19.1 Å². The third-order valence-corrected chi connectivity index (χ3v) is 5.01. The maximum atomic E-state index is 12.9. The Hall–Kier alpha value is -1.45. The molecule has 0 amide bonds. The summed E-state index contributed by atoms with van der Waals surface area (Å²) in [6.07, 6.45) is 7.02. The van der Waals surface area contributed by atoms with Crippen LogP contribution in [-0.2, 0) is 19.1 Å². The van der Waals surface area contributed by atoms with Gasteiger partial charge in [0.15, 0.2) is 5.78 Å². The Bertz CT molecular complexity index is 501. The number of esters is 1. The molecule has 0 saturated carbocycles. The van der Waals surface area contributed by atoms with Gasteiger partial charge in [-0.25, -0.2) is 0 Å². The van der Waals surface area contributed by atoms with E-state index in [4.69, 9.17) is 0 Å². The molecule has 0 bridgehead atoms. The SMILES string of the molecule is COC(=O)CC(=O)C(C(=O)CC(C)CCC=C(C)C)C(C)CCCC(C)C. The number of methoxy groups -OCH3 is 1. The first kappa shape index (κ1) is 25.6. The smallest absolute Gasteiger partial charge is 0.313 e. The van der Waals surface area contributed by atoms with E-state index in [1.165, 1.54) is 12.7 Å². The van der Waals surface area contributed by atoms with E-state index in [0.717, 1.165) is 32.1 Å². The molecule has 27 heavy (non-hydrogen) atoms. The summed E-state index contributed by atoms with van der Waals surface area (Å²) in [4.78, 5) is 37.1. The molecule has 3 atom stereocenters. The van der Waals surface area contributed by atoms with Gasteiger partial charge in [0.05, 0.1) is 13.0 Å². The number of Topliss-reactive ketones (excluding diaryl/α,β-unsaturated/α-hetero) is 2. The van der Waals surface area contributed by atoms with Gasteiger partial charge in [0.2, 0.25) is 0 Å². The van der Waals surface area contributed by atoms with E-state index in [2.05, 4.69) is 45.4 Å². The maximum Gasteiger partial charge on any atom is 0.313 e. The molecule has 0 aromatic heterocycles. The Labute approximate surface area is 166 Å². The average Bonchev–Trinajstić information content (AvgIpc) is 2.53. The summed E-state index contributed by atoms with van der Waals surface area (Å²) in [6.45, 7) is 12.5. The largest absolute Gasteiger partial charge is 0.469 e. The van der Waals surface area contributed by atoms with Crippen molar-refractivity contribution in [3.8, 4) is 0 Å². The van der Waals surface area contributed by atoms with Crippen molar-refractivity contribution in [2.24, 2.45) is 23.7 Å². The number of carbonyl (C=O) groups is 3. The second kappa shape index (κ2) is 13.7. The monoisotopic (exact) mass is 380 g/mol. The minimum absolute atomic E-state index is 0.0225. The van der Waals surface area contributed by atoms with Crippen LogP contribution in [0.4, 0.5) is 0 Å². The predicted molar refractivity (Wildman–Crippen MR) is 110 cm³/mol. The maximum absolute atomic E-state index is 12.9. The van der Waals surface area contributed by atoms with Gasteiger partial charge in [0, 0.05) is 6.42 Å². The molecule has 0 N–H and O–H groups in total. The number of ether oxygens (including phenoxy) is 1. The molecule has 0 aromatic carbocycles. The summed E-state index contributed by atoms with van der Waals surface area (Å²) in [7, 11) is 1.27. The van der Waals surface area contributed by atoms with Crippen molar-refractivity contribution >= 4 is 17.5 Å². The van der Waals surface area contributed by atoms with Gasteiger partial charge >= 0.3 is 5.97 Å². The van der Waals surface area contributed by atoms with E-state index in [-0.39, 0.29) is 29.8 Å². The summed E-state index contributed by atoms with van der Waals surface area (Å²) in [5.74, 6) is -0.785. The zero-order valence-electron chi connectivity index (χ0n) is 18.5. The lowest BCUT2D eigenvalue weighted by atomic mass is 9.79. The quantitative estimate of drug-likeness (QED) is 0.225. The van der Waals surface area contributed by atoms with Gasteiger partial charge in [0.25, 0.3) is 0 Å². The van der Waals surface area contributed by atoms with Gasteiger partial charge in [-0.3, -0.25) is 14.4 Å². The van der Waals surface area contributed by atoms with Crippen molar-refractivity contribution in [2.75, 3.05) is 7.11 Å². The van der Waals surface area contributed by atoms with E-state index >= 15 is 0 Å². The summed E-state index contributed by atoms with van der Waals surface area (Å²) in [5, 5.41) is 0. The molecule has 0 heterocycles. The summed E-state index contributed by atoms with van der Waals surface area (Å²) in [5.41, 5.74) is 1.28. The number of hydrogen-bond donors (Lipinski definition) is 0. The molecule has 0 fully saturated rings. The van der Waals surface area contributed by atoms with Crippen molar-refractivity contribution in [2.45, 2.75) is 86.5 Å². The van der Waals surface area contributed by atoms with E-state index in [0.29, 0.717) is 12.3 Å². The zero-order chi connectivity index (χ0) is 21.0. The molecule has 0 aromatic rings. The molecule has 156 valence electrons. The summed E-state index contributed by atoms with van der Waals surface area (Å²) >= 11 is 0. The van der Waals surface area contributed by atoms with Crippen LogP contribution in [0.5, 0.6) is 0 Å². The van der Waals surface area contributed by atoms with Crippen molar-refractivity contribution in [1.29, 1.82) is 0 Å². The highest BCUT2D eigenvalue weighted by Gasteiger charge is 2.33. The highest BCUT2D eigenvalue weighted by molar-refractivity contribution is 6.08. The number of allylic oxidation sites excluding steroid dienone is 2. The predicted octanol–water partition coefficient (Wildman–Crippen LogP) is 5.54. The standard InChI is InChI=1S/C23H40O4/c1-16(2)10-8-12-18(5)14-20(24)23(21(25)15-22(26)27-7)19(6)13-9-11-17(3)4/h10,17-19,23H,8-9,11-15H2,1-7H3. The molecular formula is C23H40O4. The fraction of sp³-hybridized carbons (Fsp3) is 0.783. The molecule has 0 aliphatic heterocycles. The van der Waals surface area contributed by atoms with Gasteiger partial charge in [0.1, 0.15) is 12.2 Å². The second-order valence-corrected chi connectivity index (χ2v) is 8.63. The Morgan fingerprint density at radius 3 is 2.07 bits per heavy atom. The minimum Gasteiger partial charge on any atom is -0.469 e. The summed E-state index contributed by atoms with van der Waals surface area (Å²) < 4.78 is 4.62. The van der Waals surface area contributed by atoms with Gasteiger partial charge in [-0.15, -0.1) is 0 Å². The normalized spacial score (nSPS) is 14.4. The molecule has 0 spiro atoms. The van der Waals surface area contributed by atoms with Crippen LogP contribution < -0.4 is 0 Å². The van der Waals surface area contributed by atoms with Crippen LogP contribution in [0.3, 0.4) is 0 Å². The third kappa shape index (κ3) is 11.8. The van der Waals surface area contributed by atoms with Crippen molar-refractivity contribution in [1.82, 2.24) is 0 Å². The lowest BCUT2D eigenvalue weighted by molar-refractivity contribution is -0.145. The fourth-order valence-electron chi connectivity index (χ4n) is 3.38. The molecule has 0 aliphatic rings. The van der Waals surface area contributed by atoms with E-state index in [1.807, 2.05) is 6.92 Å². The lowest BCUT2D eigenvalue weighted by Crippen LogP contribution is -2.33. The van der Waals surface area contributed by atoms with Crippen LogP contribution in [0.2, 0.25) is 0 Å². The van der Waals surface area contributed by atoms with Crippen molar-refractivity contribution in [3.63, 3.8) is 0 Å². The van der Waals surface area contributed by atoms with Gasteiger partial charge in [-0.05, 0) is 50.9 Å². The van der Waals surface area contributed by atoms with Crippen LogP contribution in [0.15, 0.2) is 11.6 Å². The Kier molecular flexibility index (Phi) is 12.9. The van der Waals surface area contributed by atoms with Crippen LogP contribution in [0, 0.1) is 23.7 Å². The van der Waals surface area contributed by atoms with Gasteiger partial charge < -0.3 is 4.74 Å². The van der Waals surface area contributed by atoms with E-state index in [9.17, 15) is 14.4 Å². The molecule has 0 aliphatic carbocycles. The molecule has 4 heteroatoms. The van der Waals surface area contributed by atoms with Crippen molar-refractivity contribution in [3.05, 3.63) is 11.6 Å². The van der Waals surface area contributed by atoms with Gasteiger partial charge in [-0.2, -0.15) is 0 Å². The third-order valence-electron chi connectivity index (χ3n) is 5.01. The molecule has 4 nitrogen and oxygen atoms in total. The van der Waals surface area contributed by atoms with Crippen LogP contribution in [0.25, 0.3) is 0 Å². The number of ketones is 2.